The average molecular weight is 233 g/mol. The molecule has 1 heterocycles. The Morgan fingerprint density at radius 3 is 2.35 bits per heavy atom. The van der Waals surface area contributed by atoms with E-state index in [-0.39, 0.29) is 11.5 Å². The fourth-order valence-corrected chi connectivity index (χ4v) is 2.40. The lowest BCUT2D eigenvalue weighted by molar-refractivity contribution is 0.0476. The van der Waals surface area contributed by atoms with Gasteiger partial charge in [-0.1, -0.05) is 51.1 Å². The van der Waals surface area contributed by atoms with Crippen LogP contribution in [0.4, 0.5) is 0 Å². The molecule has 2 heteroatoms. The van der Waals surface area contributed by atoms with Crippen LogP contribution in [0, 0.1) is 5.41 Å². The summed E-state index contributed by atoms with van der Waals surface area (Å²) < 4.78 is 0. The zero-order valence-corrected chi connectivity index (χ0v) is 11.2. The molecule has 1 saturated heterocycles. The predicted octanol–water partition coefficient (Wildman–Crippen LogP) is 2.84. The van der Waals surface area contributed by atoms with Gasteiger partial charge >= 0.3 is 0 Å². The second-order valence-corrected chi connectivity index (χ2v) is 6.16. The van der Waals surface area contributed by atoms with Gasteiger partial charge in [-0.15, -0.1) is 0 Å². The Balaban J connectivity index is 2.00. The lowest BCUT2D eigenvalue weighted by Crippen LogP contribution is -2.33. The second-order valence-electron chi connectivity index (χ2n) is 6.16. The van der Waals surface area contributed by atoms with E-state index in [0.717, 1.165) is 6.54 Å². The van der Waals surface area contributed by atoms with E-state index >= 15 is 0 Å². The Morgan fingerprint density at radius 1 is 1.24 bits per heavy atom. The van der Waals surface area contributed by atoms with Crippen molar-refractivity contribution in [2.75, 3.05) is 6.54 Å². The summed E-state index contributed by atoms with van der Waals surface area (Å²) in [6.45, 7) is 9.52. The first-order chi connectivity index (χ1) is 7.91. The SMILES string of the molecule is C[C@H](c1ccccc1)N1C[C@H]1[C@H](O)C(C)(C)C. The van der Waals surface area contributed by atoms with Gasteiger partial charge in [-0.2, -0.15) is 0 Å². The molecular formula is C15H23NO. The summed E-state index contributed by atoms with van der Waals surface area (Å²) in [6, 6.07) is 11.2. The lowest BCUT2D eigenvalue weighted by atomic mass is 9.87. The summed E-state index contributed by atoms with van der Waals surface area (Å²) in [5, 5.41) is 10.3. The van der Waals surface area contributed by atoms with E-state index < -0.39 is 0 Å². The van der Waals surface area contributed by atoms with E-state index in [4.69, 9.17) is 0 Å². The second kappa shape index (κ2) is 4.43. The first-order valence-corrected chi connectivity index (χ1v) is 6.40. The Morgan fingerprint density at radius 2 is 1.82 bits per heavy atom. The van der Waals surface area contributed by atoms with Crippen LogP contribution in [-0.4, -0.2) is 28.7 Å². The van der Waals surface area contributed by atoms with Crippen molar-refractivity contribution >= 4 is 0 Å². The van der Waals surface area contributed by atoms with Crippen LogP contribution in [0.25, 0.3) is 0 Å². The smallest absolute Gasteiger partial charge is 0.0756 e. The predicted molar refractivity (Wildman–Crippen MR) is 70.8 cm³/mol. The molecule has 0 radical (unpaired) electrons. The van der Waals surface area contributed by atoms with Gasteiger partial charge in [0.15, 0.2) is 0 Å². The van der Waals surface area contributed by atoms with Crippen molar-refractivity contribution in [1.82, 2.24) is 4.90 Å². The van der Waals surface area contributed by atoms with E-state index in [1.807, 2.05) is 6.07 Å². The zero-order valence-electron chi connectivity index (χ0n) is 11.2. The zero-order chi connectivity index (χ0) is 12.6. The van der Waals surface area contributed by atoms with Crippen molar-refractivity contribution in [3.8, 4) is 0 Å². The highest BCUT2D eigenvalue weighted by Crippen LogP contribution is 2.38. The van der Waals surface area contributed by atoms with Crippen LogP contribution in [0.5, 0.6) is 0 Å². The van der Waals surface area contributed by atoms with Crippen LogP contribution in [-0.2, 0) is 0 Å². The molecule has 1 N–H and O–H groups in total. The summed E-state index contributed by atoms with van der Waals surface area (Å²) in [6.07, 6.45) is -0.242. The minimum Gasteiger partial charge on any atom is -0.391 e. The van der Waals surface area contributed by atoms with Crippen molar-refractivity contribution in [3.05, 3.63) is 35.9 Å². The van der Waals surface area contributed by atoms with Crippen LogP contribution in [0.3, 0.4) is 0 Å². The molecule has 1 aliphatic heterocycles. The van der Waals surface area contributed by atoms with Gasteiger partial charge < -0.3 is 5.11 Å². The Hall–Kier alpha value is -0.860. The van der Waals surface area contributed by atoms with Gasteiger partial charge in [-0.25, -0.2) is 0 Å². The topological polar surface area (TPSA) is 23.2 Å². The molecule has 94 valence electrons. The summed E-state index contributed by atoms with van der Waals surface area (Å²) >= 11 is 0. The van der Waals surface area contributed by atoms with Gasteiger partial charge in [0, 0.05) is 18.6 Å². The van der Waals surface area contributed by atoms with Crippen molar-refractivity contribution in [1.29, 1.82) is 0 Å². The van der Waals surface area contributed by atoms with Crippen molar-refractivity contribution in [2.45, 2.75) is 45.9 Å². The van der Waals surface area contributed by atoms with Gasteiger partial charge in [0.25, 0.3) is 0 Å². The summed E-state index contributed by atoms with van der Waals surface area (Å²) in [5.74, 6) is 0. The van der Waals surface area contributed by atoms with Crippen molar-refractivity contribution in [2.24, 2.45) is 5.41 Å². The number of benzene rings is 1. The molecule has 2 rings (SSSR count). The van der Waals surface area contributed by atoms with Crippen molar-refractivity contribution in [3.63, 3.8) is 0 Å². The van der Waals surface area contributed by atoms with Crippen molar-refractivity contribution < 1.29 is 5.11 Å². The molecule has 0 saturated carbocycles. The normalized spacial score (nSPS) is 27.6. The van der Waals surface area contributed by atoms with Gasteiger partial charge in [0.1, 0.15) is 0 Å². The Bertz CT molecular complexity index is 368. The number of aliphatic hydroxyl groups excluding tert-OH is 1. The molecule has 17 heavy (non-hydrogen) atoms. The molecule has 4 atom stereocenters. The monoisotopic (exact) mass is 233 g/mol. The van der Waals surface area contributed by atoms with Gasteiger partial charge in [0.05, 0.1) is 6.10 Å². The van der Waals surface area contributed by atoms with E-state index in [1.54, 1.807) is 0 Å². The largest absolute Gasteiger partial charge is 0.391 e. The first kappa shape index (κ1) is 12.6. The third-order valence-corrected chi connectivity index (χ3v) is 3.72. The molecule has 0 amide bonds. The van der Waals surface area contributed by atoms with Crippen LogP contribution in [0.1, 0.15) is 39.3 Å². The number of nitrogens with zero attached hydrogens (tertiary/aromatic N) is 1. The third-order valence-electron chi connectivity index (χ3n) is 3.72. The quantitative estimate of drug-likeness (QED) is 0.811. The van der Waals surface area contributed by atoms with Gasteiger partial charge in [0.2, 0.25) is 0 Å². The van der Waals surface area contributed by atoms with Crippen LogP contribution in [0.15, 0.2) is 30.3 Å². The molecule has 1 aromatic rings. The Labute approximate surface area is 104 Å². The Kier molecular flexibility index (Phi) is 3.28. The number of aliphatic hydroxyl groups is 1. The average Bonchev–Trinajstić information content (AvgIpc) is 3.07. The molecule has 1 aliphatic rings. The summed E-state index contributed by atoms with van der Waals surface area (Å²) in [4.78, 5) is 2.37. The minimum atomic E-state index is -0.242. The van der Waals surface area contributed by atoms with Crippen LogP contribution < -0.4 is 0 Å². The maximum absolute atomic E-state index is 10.3. The minimum absolute atomic E-state index is 0.0319. The van der Waals surface area contributed by atoms with Gasteiger partial charge in [-0.3, -0.25) is 4.90 Å². The van der Waals surface area contributed by atoms with E-state index in [2.05, 4.69) is 56.9 Å². The maximum Gasteiger partial charge on any atom is 0.0756 e. The molecule has 0 aliphatic carbocycles. The first-order valence-electron chi connectivity index (χ1n) is 6.40. The van der Waals surface area contributed by atoms with E-state index in [0.29, 0.717) is 12.1 Å². The highest BCUT2D eigenvalue weighted by Gasteiger charge is 2.46. The molecule has 0 aromatic heterocycles. The van der Waals surface area contributed by atoms with Crippen LogP contribution in [0.2, 0.25) is 0 Å². The number of hydrogen-bond donors (Lipinski definition) is 1. The van der Waals surface area contributed by atoms with Crippen LogP contribution >= 0.6 is 0 Å². The molecule has 2 nitrogen and oxygen atoms in total. The molecule has 0 bridgehead atoms. The van der Waals surface area contributed by atoms with Gasteiger partial charge in [-0.05, 0) is 17.9 Å². The number of hydrogen-bond acceptors (Lipinski definition) is 2. The highest BCUT2D eigenvalue weighted by molar-refractivity contribution is 5.20. The van der Waals surface area contributed by atoms with E-state index in [1.165, 1.54) is 5.56 Å². The molecule has 1 unspecified atom stereocenters. The third kappa shape index (κ3) is 2.70. The fourth-order valence-electron chi connectivity index (χ4n) is 2.40. The summed E-state index contributed by atoms with van der Waals surface area (Å²) in [7, 11) is 0. The highest BCUT2D eigenvalue weighted by atomic mass is 16.3. The van der Waals surface area contributed by atoms with E-state index in [9.17, 15) is 5.11 Å². The lowest BCUT2D eigenvalue weighted by Gasteiger charge is -2.27. The molecule has 0 spiro atoms. The summed E-state index contributed by atoms with van der Waals surface area (Å²) in [5.41, 5.74) is 1.30. The fraction of sp³-hybridized carbons (Fsp3) is 0.600. The standard InChI is InChI=1S/C15H23NO/c1-11(12-8-6-5-7-9-12)16-10-13(16)14(17)15(2,3)4/h5-9,11,13-14,17H,10H2,1-4H3/t11-,13+,14+,16?/m1/s1. The number of rotatable bonds is 3. The molecular weight excluding hydrogens is 210 g/mol. The maximum atomic E-state index is 10.3. The molecule has 1 aromatic carbocycles. The molecule has 1 fully saturated rings.